The number of hydrogen-bond acceptors (Lipinski definition) is 3. The van der Waals surface area contributed by atoms with E-state index in [4.69, 9.17) is 5.21 Å². The second kappa shape index (κ2) is 4.90. The normalized spacial score (nSPS) is 8.62. The zero-order chi connectivity index (χ0) is 9.14. The van der Waals surface area contributed by atoms with E-state index >= 15 is 0 Å². The van der Waals surface area contributed by atoms with Gasteiger partial charge in [0, 0.05) is 12.1 Å². The van der Waals surface area contributed by atoms with Crippen molar-refractivity contribution in [2.75, 3.05) is 0 Å². The van der Waals surface area contributed by atoms with Crippen LogP contribution in [0.5, 0.6) is 0 Å². The molecule has 0 saturated carbocycles. The molecule has 0 unspecified atom stereocenters. The molecule has 6 nitrogen and oxygen atoms in total. The second-order valence-corrected chi connectivity index (χ2v) is 2.05. The Kier molecular flexibility index (Phi) is 4.53. The van der Waals surface area contributed by atoms with E-state index in [0.29, 0.717) is 0 Å². The van der Waals surface area contributed by atoms with Gasteiger partial charge in [0.2, 0.25) is 0 Å². The Bertz CT molecular complexity index is 312. The van der Waals surface area contributed by atoms with E-state index in [1.807, 2.05) is 0 Å². The Labute approximate surface area is 95.2 Å². The van der Waals surface area contributed by atoms with E-state index in [0.717, 1.165) is 6.07 Å². The summed E-state index contributed by atoms with van der Waals surface area (Å²) in [5, 5.41) is 18.6. The Morgan fingerprint density at radius 3 is 2.23 bits per heavy atom. The van der Waals surface area contributed by atoms with Gasteiger partial charge in [-0.15, -0.1) is 0 Å². The third-order valence-electron chi connectivity index (χ3n) is 1.26. The Balaban J connectivity index is 0.00000144. The van der Waals surface area contributed by atoms with Crippen LogP contribution < -0.4 is 0 Å². The van der Waals surface area contributed by atoms with Crippen molar-refractivity contribution < 1.29 is 15.1 Å². The first-order valence-corrected chi connectivity index (χ1v) is 3.02. The molecule has 1 N–H and O–H groups in total. The zero-order valence-corrected chi connectivity index (χ0v) is 5.88. The molecular weight excluding hydrogens is 187 g/mol. The van der Waals surface area contributed by atoms with Crippen LogP contribution in [-0.2, 0) is 0 Å². The van der Waals surface area contributed by atoms with Crippen molar-refractivity contribution in [3.8, 4) is 0 Å². The van der Waals surface area contributed by atoms with Gasteiger partial charge in [-0.3, -0.25) is 10.1 Å². The predicted octanol–water partition coefficient (Wildman–Crippen LogP) is 0.746. The standard InChI is InChI=1S/C6H5N2O4.Na.H/c9-7(10)5-2-1-3-6(4-5)8(11)12;;/h1-4H,(H,9,10);;/q+1;;. The molecule has 0 aliphatic heterocycles. The molecule has 0 saturated heterocycles. The number of nitro groups is 1. The van der Waals surface area contributed by atoms with E-state index in [2.05, 4.69) is 0 Å². The first-order valence-electron chi connectivity index (χ1n) is 3.02. The first kappa shape index (κ1) is 12.0. The predicted molar refractivity (Wildman–Crippen MR) is 45.3 cm³/mol. The van der Waals surface area contributed by atoms with Crippen LogP contribution in [0.1, 0.15) is 0 Å². The van der Waals surface area contributed by atoms with E-state index in [1.165, 1.54) is 18.2 Å². The molecule has 7 heteroatoms. The minimum atomic E-state index is -0.646. The van der Waals surface area contributed by atoms with Gasteiger partial charge in [0.25, 0.3) is 10.6 Å². The van der Waals surface area contributed by atoms with Crippen LogP contribution in [0.3, 0.4) is 0 Å². The fourth-order valence-electron chi connectivity index (χ4n) is 0.726. The van der Waals surface area contributed by atoms with Crippen LogP contribution >= 0.6 is 0 Å². The third-order valence-corrected chi connectivity index (χ3v) is 1.26. The van der Waals surface area contributed by atoms with E-state index in [-0.39, 0.29) is 40.9 Å². The molecule has 0 fully saturated rings. The maximum atomic E-state index is 10.3. The maximum absolute atomic E-state index is 10.3. The number of benzene rings is 1. The number of nitrogens with zero attached hydrogens (tertiary/aromatic N) is 2. The van der Waals surface area contributed by atoms with Gasteiger partial charge in [-0.25, -0.2) is 5.21 Å². The average molecular weight is 193 g/mol. The molecule has 0 heterocycles. The summed E-state index contributed by atoms with van der Waals surface area (Å²) in [4.78, 5) is 19.4. The van der Waals surface area contributed by atoms with Gasteiger partial charge in [-0.1, -0.05) is 0 Å². The fourth-order valence-corrected chi connectivity index (χ4v) is 0.726. The molecule has 1 aromatic carbocycles. The van der Waals surface area contributed by atoms with E-state index in [1.54, 1.807) is 0 Å². The summed E-state index contributed by atoms with van der Waals surface area (Å²) < 4.78 is 0. The molecule has 64 valence electrons. The van der Waals surface area contributed by atoms with Crippen molar-refractivity contribution in [2.45, 2.75) is 0 Å². The monoisotopic (exact) mass is 193 g/mol. The first-order chi connectivity index (χ1) is 5.61. The van der Waals surface area contributed by atoms with Gasteiger partial charge in [0.15, 0.2) is 0 Å². The Morgan fingerprint density at radius 2 is 1.77 bits per heavy atom. The molecule has 0 bridgehead atoms. The van der Waals surface area contributed by atoms with Crippen LogP contribution in [-0.4, -0.2) is 44.6 Å². The van der Waals surface area contributed by atoms with Crippen LogP contribution in [0.15, 0.2) is 24.3 Å². The molecule has 0 amide bonds. The topological polar surface area (TPSA) is 83.5 Å². The zero-order valence-electron chi connectivity index (χ0n) is 5.88. The molecule has 0 aliphatic carbocycles. The van der Waals surface area contributed by atoms with Crippen molar-refractivity contribution in [3.63, 3.8) is 0 Å². The number of hydrogen-bond donors (Lipinski definition) is 1. The quantitative estimate of drug-likeness (QED) is 0.426. The molecule has 0 radical (unpaired) electrons. The minimum absolute atomic E-state index is 0. The Morgan fingerprint density at radius 1 is 1.23 bits per heavy atom. The van der Waals surface area contributed by atoms with E-state index < -0.39 is 9.85 Å². The summed E-state index contributed by atoms with van der Waals surface area (Å²) in [5.41, 5.74) is -0.397. The van der Waals surface area contributed by atoms with Crippen LogP contribution in [0.25, 0.3) is 0 Å². The van der Waals surface area contributed by atoms with Gasteiger partial charge in [-0.05, 0) is 6.07 Å². The van der Waals surface area contributed by atoms with Crippen LogP contribution in [0.4, 0.5) is 11.4 Å². The number of nitro benzene ring substituents is 1. The van der Waals surface area contributed by atoms with Crippen molar-refractivity contribution in [1.29, 1.82) is 0 Å². The summed E-state index contributed by atoms with van der Waals surface area (Å²) in [6, 6.07) is 4.79. The van der Waals surface area contributed by atoms with Crippen molar-refractivity contribution in [2.24, 2.45) is 0 Å². The molecular formula is C6H6N2NaO4+. The molecule has 0 atom stereocenters. The summed E-state index contributed by atoms with van der Waals surface area (Å²) in [7, 11) is 0. The van der Waals surface area contributed by atoms with Crippen molar-refractivity contribution in [3.05, 3.63) is 39.3 Å². The van der Waals surface area contributed by atoms with Gasteiger partial charge in [0.05, 0.1) is 15.9 Å². The summed E-state index contributed by atoms with van der Waals surface area (Å²) in [6.07, 6.45) is 0. The van der Waals surface area contributed by atoms with Crippen molar-refractivity contribution >= 4 is 40.9 Å². The summed E-state index contributed by atoms with van der Waals surface area (Å²) >= 11 is 0. The van der Waals surface area contributed by atoms with Crippen LogP contribution in [0, 0.1) is 15.0 Å². The van der Waals surface area contributed by atoms with Crippen LogP contribution in [0.2, 0.25) is 0 Å². The van der Waals surface area contributed by atoms with Gasteiger partial charge < -0.3 is 0 Å². The number of non-ortho nitro benzene ring substituents is 1. The molecule has 0 aliphatic rings. The number of rotatable bonds is 2. The van der Waals surface area contributed by atoms with Gasteiger partial charge in [-0.2, -0.15) is 0 Å². The summed E-state index contributed by atoms with van der Waals surface area (Å²) in [5.74, 6) is 0. The molecule has 0 aromatic heterocycles. The molecule has 1 aromatic rings. The second-order valence-electron chi connectivity index (χ2n) is 2.05. The Hall–Kier alpha value is -0.980. The van der Waals surface area contributed by atoms with Crippen molar-refractivity contribution in [1.82, 2.24) is 0 Å². The van der Waals surface area contributed by atoms with Gasteiger partial charge >= 0.3 is 35.2 Å². The van der Waals surface area contributed by atoms with E-state index in [9.17, 15) is 15.0 Å². The fraction of sp³-hybridized carbons (Fsp3) is 0. The van der Waals surface area contributed by atoms with Gasteiger partial charge in [0.1, 0.15) is 0 Å². The average Bonchev–Trinajstić information content (AvgIpc) is 2.04. The SMILES string of the molecule is O=[N+]([O-])c1cccc([N+](=O)O)c1.[NaH]. The molecule has 1 rings (SSSR count). The third kappa shape index (κ3) is 3.10. The summed E-state index contributed by atoms with van der Waals surface area (Å²) in [6.45, 7) is 0. The molecule has 0 spiro atoms. The molecule has 13 heavy (non-hydrogen) atoms.